The van der Waals surface area contributed by atoms with Crippen molar-refractivity contribution in [2.75, 3.05) is 18.0 Å². The van der Waals surface area contributed by atoms with Crippen molar-refractivity contribution >= 4 is 30.6 Å². The molecule has 0 amide bonds. The van der Waals surface area contributed by atoms with E-state index >= 15 is 0 Å². The van der Waals surface area contributed by atoms with Crippen molar-refractivity contribution in [1.82, 2.24) is 5.32 Å². The van der Waals surface area contributed by atoms with E-state index in [1.807, 2.05) is 0 Å². The summed E-state index contributed by atoms with van der Waals surface area (Å²) in [5, 5.41) is 5.55. The molecule has 0 aliphatic carbocycles. The van der Waals surface area contributed by atoms with E-state index in [2.05, 4.69) is 10.6 Å². The maximum absolute atomic E-state index is 12.4. The highest BCUT2D eigenvalue weighted by atomic mass is 32.1. The van der Waals surface area contributed by atoms with E-state index in [0.29, 0.717) is 5.69 Å². The summed E-state index contributed by atoms with van der Waals surface area (Å²) in [7, 11) is -4.02. The van der Waals surface area contributed by atoms with Crippen molar-refractivity contribution in [3.05, 3.63) is 29.8 Å². The van der Waals surface area contributed by atoms with Gasteiger partial charge in [-0.05, 0) is 42.9 Å². The van der Waals surface area contributed by atoms with E-state index in [1.165, 1.54) is 12.1 Å². The third kappa shape index (κ3) is 7.42. The minimum absolute atomic E-state index is 0.167. The van der Waals surface area contributed by atoms with Gasteiger partial charge in [0.05, 0.1) is 11.7 Å². The van der Waals surface area contributed by atoms with Crippen LogP contribution in [0.25, 0.3) is 0 Å². The largest absolute Gasteiger partial charge is 0.416 e. The summed E-state index contributed by atoms with van der Waals surface area (Å²) in [6.45, 7) is 0.248. The third-order valence-electron chi connectivity index (χ3n) is 2.38. The Labute approximate surface area is 124 Å². The lowest BCUT2D eigenvalue weighted by molar-refractivity contribution is -0.137. The molecular formula is C11H14F3N2O3PS. The predicted molar refractivity (Wildman–Crippen MR) is 77.2 cm³/mol. The van der Waals surface area contributed by atoms with Gasteiger partial charge in [0.15, 0.2) is 5.11 Å². The van der Waals surface area contributed by atoms with Gasteiger partial charge in [-0.3, -0.25) is 4.57 Å². The Kier molecular flexibility index (Phi) is 6.15. The Balaban J connectivity index is 2.40. The van der Waals surface area contributed by atoms with Crippen molar-refractivity contribution in [3.8, 4) is 0 Å². The number of anilines is 1. The lowest BCUT2D eigenvalue weighted by atomic mass is 10.2. The molecule has 10 heteroatoms. The SMILES string of the molecule is O=P(O)(O)CCCNC(=S)Nc1ccc(C(F)(F)F)cc1. The summed E-state index contributed by atoms with van der Waals surface area (Å²) in [5.74, 6) is 0. The molecule has 5 nitrogen and oxygen atoms in total. The van der Waals surface area contributed by atoms with Gasteiger partial charge in [-0.1, -0.05) is 0 Å². The van der Waals surface area contributed by atoms with Crippen LogP contribution in [0.2, 0.25) is 0 Å². The molecule has 0 saturated carbocycles. The Morgan fingerprint density at radius 2 is 1.81 bits per heavy atom. The molecule has 0 atom stereocenters. The second-order valence-corrected chi connectivity index (χ2v) is 6.38. The van der Waals surface area contributed by atoms with Gasteiger partial charge in [-0.2, -0.15) is 13.2 Å². The highest BCUT2D eigenvalue weighted by molar-refractivity contribution is 7.80. The molecule has 118 valence electrons. The zero-order chi connectivity index (χ0) is 16.1. The van der Waals surface area contributed by atoms with Gasteiger partial charge >= 0.3 is 13.8 Å². The molecule has 4 N–H and O–H groups in total. The number of alkyl halides is 3. The lowest BCUT2D eigenvalue weighted by Crippen LogP contribution is -2.29. The molecule has 0 fully saturated rings. The second kappa shape index (κ2) is 7.22. The first kappa shape index (κ1) is 17.9. The predicted octanol–water partition coefficient (Wildman–Crippen LogP) is 2.56. The number of hydrogen-bond donors (Lipinski definition) is 4. The smallest absolute Gasteiger partial charge is 0.362 e. The van der Waals surface area contributed by atoms with Gasteiger partial charge in [-0.25, -0.2) is 0 Å². The summed E-state index contributed by atoms with van der Waals surface area (Å²) >= 11 is 4.91. The van der Waals surface area contributed by atoms with Crippen molar-refractivity contribution in [2.24, 2.45) is 0 Å². The molecule has 1 aromatic rings. The summed E-state index contributed by atoms with van der Waals surface area (Å²) in [4.78, 5) is 17.3. The molecule has 21 heavy (non-hydrogen) atoms. The number of hydrogen-bond acceptors (Lipinski definition) is 2. The lowest BCUT2D eigenvalue weighted by Gasteiger charge is -2.12. The third-order valence-corrected chi connectivity index (χ3v) is 3.53. The van der Waals surface area contributed by atoms with Crippen LogP contribution in [-0.2, 0) is 10.7 Å². The zero-order valence-corrected chi connectivity index (χ0v) is 12.4. The van der Waals surface area contributed by atoms with Gasteiger partial charge in [0.2, 0.25) is 0 Å². The number of halogens is 3. The van der Waals surface area contributed by atoms with Crippen LogP contribution in [0.3, 0.4) is 0 Å². The summed E-state index contributed by atoms with van der Waals surface area (Å²) < 4.78 is 47.7. The summed E-state index contributed by atoms with van der Waals surface area (Å²) in [6.07, 6.45) is -4.43. The maximum atomic E-state index is 12.4. The number of thiocarbonyl (C=S) groups is 1. The quantitative estimate of drug-likeness (QED) is 0.374. The van der Waals surface area contributed by atoms with Gasteiger partial charge in [0.25, 0.3) is 0 Å². The monoisotopic (exact) mass is 342 g/mol. The van der Waals surface area contributed by atoms with E-state index < -0.39 is 19.3 Å². The summed E-state index contributed by atoms with van der Waals surface area (Å²) in [6, 6.07) is 4.34. The van der Waals surface area contributed by atoms with Crippen molar-refractivity contribution in [1.29, 1.82) is 0 Å². The van der Waals surface area contributed by atoms with Crippen molar-refractivity contribution < 1.29 is 27.5 Å². The molecule has 0 aliphatic rings. The van der Waals surface area contributed by atoms with E-state index in [0.717, 1.165) is 12.1 Å². The zero-order valence-electron chi connectivity index (χ0n) is 10.7. The Morgan fingerprint density at radius 3 is 2.29 bits per heavy atom. The standard InChI is InChI=1S/C11H14F3N2O3PS/c12-11(13,14)8-2-4-9(5-3-8)16-10(21)15-6-1-7-20(17,18)19/h2-5H,1,6-7H2,(H2,15,16,21)(H2,17,18,19). The van der Waals surface area contributed by atoms with Crippen molar-refractivity contribution in [3.63, 3.8) is 0 Å². The van der Waals surface area contributed by atoms with Crippen LogP contribution >= 0.6 is 19.8 Å². The fraction of sp³-hybridized carbons (Fsp3) is 0.364. The number of nitrogens with one attached hydrogen (secondary N) is 2. The highest BCUT2D eigenvalue weighted by Gasteiger charge is 2.29. The highest BCUT2D eigenvalue weighted by Crippen LogP contribution is 2.34. The second-order valence-electron chi connectivity index (χ2n) is 4.20. The Hall–Kier alpha value is -1.15. The average molecular weight is 342 g/mol. The van der Waals surface area contributed by atoms with Gasteiger partial charge in [-0.15, -0.1) is 0 Å². The van der Waals surface area contributed by atoms with Gasteiger partial charge in [0, 0.05) is 12.2 Å². The number of benzene rings is 1. The molecule has 0 saturated heterocycles. The van der Waals surface area contributed by atoms with E-state index in [-0.39, 0.29) is 24.2 Å². The van der Waals surface area contributed by atoms with Crippen LogP contribution in [0.15, 0.2) is 24.3 Å². The Morgan fingerprint density at radius 1 is 1.24 bits per heavy atom. The normalized spacial score (nSPS) is 12.0. The minimum Gasteiger partial charge on any atom is -0.362 e. The molecule has 0 spiro atoms. The first-order chi connectivity index (χ1) is 9.58. The maximum Gasteiger partial charge on any atom is 0.416 e. The van der Waals surface area contributed by atoms with Gasteiger partial charge in [0.1, 0.15) is 0 Å². The molecular weight excluding hydrogens is 328 g/mol. The van der Waals surface area contributed by atoms with E-state index in [9.17, 15) is 17.7 Å². The van der Waals surface area contributed by atoms with Crippen LogP contribution in [0.4, 0.5) is 18.9 Å². The molecule has 1 rings (SSSR count). The van der Waals surface area contributed by atoms with E-state index in [1.54, 1.807) is 0 Å². The van der Waals surface area contributed by atoms with Crippen molar-refractivity contribution in [2.45, 2.75) is 12.6 Å². The number of rotatable bonds is 5. The first-order valence-electron chi connectivity index (χ1n) is 5.84. The van der Waals surface area contributed by atoms with Crippen LogP contribution in [-0.4, -0.2) is 27.6 Å². The minimum atomic E-state index is -4.39. The molecule has 0 radical (unpaired) electrons. The first-order valence-corrected chi connectivity index (χ1v) is 8.05. The topological polar surface area (TPSA) is 81.6 Å². The van der Waals surface area contributed by atoms with Crippen LogP contribution < -0.4 is 10.6 Å². The fourth-order valence-electron chi connectivity index (χ4n) is 1.40. The molecule has 0 unspecified atom stereocenters. The average Bonchev–Trinajstić information content (AvgIpc) is 2.33. The van der Waals surface area contributed by atoms with Crippen LogP contribution in [0, 0.1) is 0 Å². The molecule has 0 aromatic heterocycles. The molecule has 0 heterocycles. The molecule has 0 bridgehead atoms. The van der Waals surface area contributed by atoms with Gasteiger partial charge < -0.3 is 20.4 Å². The Bertz CT molecular complexity index is 531. The fourth-order valence-corrected chi connectivity index (χ4v) is 2.19. The van der Waals surface area contributed by atoms with E-state index in [4.69, 9.17) is 22.0 Å². The summed E-state index contributed by atoms with van der Waals surface area (Å²) in [5.41, 5.74) is -0.371. The van der Waals surface area contributed by atoms with Crippen LogP contribution in [0.5, 0.6) is 0 Å². The van der Waals surface area contributed by atoms with Crippen LogP contribution in [0.1, 0.15) is 12.0 Å². The molecule has 1 aromatic carbocycles. The molecule has 0 aliphatic heterocycles.